The summed E-state index contributed by atoms with van der Waals surface area (Å²) < 4.78 is 23.0. The zero-order valence-electron chi connectivity index (χ0n) is 9.98. The number of fused-ring (bicyclic) bond motifs is 1. The minimum Gasteiger partial charge on any atom is -0.451 e. The molecule has 2 rings (SSSR count). The first-order valence-corrected chi connectivity index (χ1v) is 10.2. The zero-order chi connectivity index (χ0) is 11.9. The molecule has 1 radical (unpaired) electrons. The van der Waals surface area contributed by atoms with E-state index < -0.39 is 5.97 Å². The lowest BCUT2D eigenvalue weighted by Gasteiger charge is -2.38. The van der Waals surface area contributed by atoms with Crippen LogP contribution in [0.4, 0.5) is 0 Å². The smallest absolute Gasteiger partial charge is 0.451 e. The number of hydrogen-bond acceptors (Lipinski definition) is 4. The average Bonchev–Trinajstić information content (AvgIpc) is 2.52. The molecule has 2 aliphatic rings. The fourth-order valence-electron chi connectivity index (χ4n) is 2.27. The molecule has 2 aliphatic heterocycles. The second-order valence-corrected chi connectivity index (χ2v) is 6.64. The monoisotopic (exact) mass is 355 g/mol. The van der Waals surface area contributed by atoms with E-state index in [1.807, 2.05) is 6.92 Å². The van der Waals surface area contributed by atoms with Crippen molar-refractivity contribution in [2.24, 2.45) is 11.8 Å². The van der Waals surface area contributed by atoms with Crippen molar-refractivity contribution >= 4 is 32.5 Å². The number of ether oxygens (including phenoxy) is 3. The molecule has 91 valence electrons. The molecule has 0 aliphatic carbocycles. The number of rotatable bonds is 2. The lowest BCUT2D eigenvalue weighted by molar-refractivity contribution is -0.304. The maximum Gasteiger partial charge on any atom is 0.528 e. The molecule has 0 N–H and O–H groups in total. The van der Waals surface area contributed by atoms with Crippen LogP contribution in [0.25, 0.3) is 0 Å². The standard InChI is InChI=1S/C10H17O4.Al.HI/c1-5-6(2)8-9(12-7(5)3)14-10(4,11)13-8;;/h5-9H,1-4H3;;1H/q-1;+2;/p-1/t5-,6+,7?,8?,9-,10?;;/m1../s1. The summed E-state index contributed by atoms with van der Waals surface area (Å²) in [4.78, 5) is 0. The van der Waals surface area contributed by atoms with E-state index in [0.717, 1.165) is 0 Å². The first kappa shape index (κ1) is 13.5. The van der Waals surface area contributed by atoms with Gasteiger partial charge in [0.05, 0.1) is 6.10 Å². The van der Waals surface area contributed by atoms with Crippen LogP contribution in [0.1, 0.15) is 27.7 Å². The Hall–Kier alpha value is 1.10. The van der Waals surface area contributed by atoms with E-state index in [4.69, 9.17) is 18.0 Å². The van der Waals surface area contributed by atoms with E-state index in [1.54, 1.807) is 0 Å². The molecule has 0 aromatic heterocycles. The van der Waals surface area contributed by atoms with Crippen molar-refractivity contribution in [1.82, 2.24) is 0 Å². The van der Waals surface area contributed by atoms with Gasteiger partial charge in [-0.25, -0.2) is 0 Å². The molecular weight excluding hydrogens is 338 g/mol. The Kier molecular flexibility index (Phi) is 4.23. The average molecular weight is 355 g/mol. The van der Waals surface area contributed by atoms with Crippen LogP contribution in [0.15, 0.2) is 0 Å². The fraction of sp³-hybridized carbons (Fsp3) is 1.00. The highest BCUT2D eigenvalue weighted by atomic mass is 127. The van der Waals surface area contributed by atoms with Gasteiger partial charge in [-0.1, -0.05) is 13.8 Å². The molecule has 0 bridgehead atoms. The largest absolute Gasteiger partial charge is 0.528 e. The summed E-state index contributed by atoms with van der Waals surface area (Å²) in [5, 5.41) is 0. The van der Waals surface area contributed by atoms with E-state index in [-0.39, 0.29) is 30.8 Å². The van der Waals surface area contributed by atoms with Crippen LogP contribution in [0.3, 0.4) is 0 Å². The lowest BCUT2D eigenvalue weighted by atomic mass is 9.84. The van der Waals surface area contributed by atoms with Crippen LogP contribution in [0.5, 0.6) is 0 Å². The SMILES string of the molecule is CC1O[C@@H]2OC(C)([O][Al][I])OC2[C@@H](C)[C@H]1C. The highest BCUT2D eigenvalue weighted by Crippen LogP contribution is 2.41. The van der Waals surface area contributed by atoms with E-state index in [1.165, 1.54) is 0 Å². The summed E-state index contributed by atoms with van der Waals surface area (Å²) in [6, 6.07) is 0. The summed E-state index contributed by atoms with van der Waals surface area (Å²) in [5.41, 5.74) is 0. The topological polar surface area (TPSA) is 36.9 Å². The minimum atomic E-state index is -0.913. The fourth-order valence-corrected chi connectivity index (χ4v) is 3.93. The van der Waals surface area contributed by atoms with Gasteiger partial charge in [-0.05, 0) is 18.8 Å². The maximum atomic E-state index is 5.87. The van der Waals surface area contributed by atoms with E-state index in [0.29, 0.717) is 11.8 Å². The Bertz CT molecular complexity index is 267. The molecule has 6 heteroatoms. The van der Waals surface area contributed by atoms with E-state index >= 15 is 0 Å². The highest BCUT2D eigenvalue weighted by Gasteiger charge is 2.52. The molecule has 0 aromatic carbocycles. The zero-order valence-corrected chi connectivity index (χ0v) is 13.3. The molecule has 0 saturated carbocycles. The second-order valence-electron chi connectivity index (χ2n) is 4.70. The lowest BCUT2D eigenvalue weighted by Crippen LogP contribution is -2.46. The highest BCUT2D eigenvalue weighted by molar-refractivity contribution is 14.1. The predicted molar refractivity (Wildman–Crippen MR) is 67.9 cm³/mol. The van der Waals surface area contributed by atoms with Crippen molar-refractivity contribution in [2.45, 2.75) is 52.2 Å². The Morgan fingerprint density at radius 2 is 1.88 bits per heavy atom. The molecule has 0 amide bonds. The third-order valence-corrected chi connectivity index (χ3v) is 4.92. The van der Waals surface area contributed by atoms with Gasteiger partial charge < -0.3 is 13.3 Å². The summed E-state index contributed by atoms with van der Waals surface area (Å²) in [6.45, 7) is 8.28. The molecule has 2 heterocycles. The molecule has 0 spiro atoms. The van der Waals surface area contributed by atoms with Gasteiger partial charge in [0.2, 0.25) is 0 Å². The predicted octanol–water partition coefficient (Wildman–Crippen LogP) is 2.08. The van der Waals surface area contributed by atoms with Crippen LogP contribution in [0, 0.1) is 11.8 Å². The summed E-state index contributed by atoms with van der Waals surface area (Å²) in [7, 11) is 0. The van der Waals surface area contributed by atoms with Gasteiger partial charge in [-0.2, -0.15) is 20.3 Å². The van der Waals surface area contributed by atoms with Gasteiger partial charge in [-0.15, -0.1) is 0 Å². The Morgan fingerprint density at radius 3 is 2.50 bits per heavy atom. The van der Waals surface area contributed by atoms with Gasteiger partial charge in [0.25, 0.3) is 5.97 Å². The van der Waals surface area contributed by atoms with Crippen molar-refractivity contribution in [3.63, 3.8) is 0 Å². The summed E-state index contributed by atoms with van der Waals surface area (Å²) in [6.07, 6.45) is -0.0961. The van der Waals surface area contributed by atoms with Crippen molar-refractivity contribution in [3.05, 3.63) is 0 Å². The molecule has 16 heavy (non-hydrogen) atoms. The number of hydrogen-bond donors (Lipinski definition) is 0. The normalized spacial score (nSPS) is 52.4. The second kappa shape index (κ2) is 5.00. The Balaban J connectivity index is 2.09. The van der Waals surface area contributed by atoms with E-state index in [9.17, 15) is 0 Å². The third kappa shape index (κ3) is 2.44. The Morgan fingerprint density at radius 1 is 1.19 bits per heavy atom. The molecule has 2 fully saturated rings. The molecule has 2 saturated heterocycles. The van der Waals surface area contributed by atoms with Crippen LogP contribution in [0.2, 0.25) is 0 Å². The first-order valence-electron chi connectivity index (χ1n) is 5.57. The molecule has 6 atom stereocenters. The molecule has 0 aromatic rings. The maximum absolute atomic E-state index is 5.87. The molecule has 3 unspecified atom stereocenters. The van der Waals surface area contributed by atoms with E-state index in [2.05, 4.69) is 41.0 Å². The van der Waals surface area contributed by atoms with Gasteiger partial charge >= 0.3 is 12.3 Å². The van der Waals surface area contributed by atoms with Crippen LogP contribution in [-0.4, -0.2) is 36.7 Å². The van der Waals surface area contributed by atoms with Gasteiger partial charge in [0, 0.05) is 6.92 Å². The van der Waals surface area contributed by atoms with Crippen molar-refractivity contribution < 1.29 is 18.0 Å². The quantitative estimate of drug-likeness (QED) is 0.562. The van der Waals surface area contributed by atoms with Gasteiger partial charge in [-0.3, -0.25) is 4.74 Å². The summed E-state index contributed by atoms with van der Waals surface area (Å²) in [5.74, 6) is -0.0216. The number of halogens is 1. The van der Waals surface area contributed by atoms with Crippen molar-refractivity contribution in [2.75, 3.05) is 0 Å². The van der Waals surface area contributed by atoms with Crippen molar-refractivity contribution in [1.29, 1.82) is 0 Å². The van der Waals surface area contributed by atoms with Crippen LogP contribution >= 0.6 is 20.3 Å². The third-order valence-electron chi connectivity index (χ3n) is 3.64. The molecular formula is C10H17AlIO4. The Labute approximate surface area is 114 Å². The molecule has 4 nitrogen and oxygen atoms in total. The first-order chi connectivity index (χ1) is 7.47. The van der Waals surface area contributed by atoms with Crippen molar-refractivity contribution in [3.8, 4) is 0 Å². The minimum absolute atomic E-state index is 0.0152. The van der Waals surface area contributed by atoms with Gasteiger partial charge in [0.1, 0.15) is 6.10 Å². The van der Waals surface area contributed by atoms with Crippen LogP contribution < -0.4 is 0 Å². The van der Waals surface area contributed by atoms with Gasteiger partial charge in [0.15, 0.2) is 6.29 Å². The summed E-state index contributed by atoms with van der Waals surface area (Å²) >= 11 is 2.07. The van der Waals surface area contributed by atoms with Crippen LogP contribution in [-0.2, 0) is 18.0 Å².